The third-order valence-corrected chi connectivity index (χ3v) is 5.42. The number of aliphatic hydroxyl groups is 1. The topological polar surface area (TPSA) is 23.5 Å². The number of nitrogens with zero attached hydrogens (tertiary/aromatic N) is 1. The molecule has 0 aromatic rings. The van der Waals surface area contributed by atoms with E-state index >= 15 is 0 Å². The van der Waals surface area contributed by atoms with Crippen molar-refractivity contribution in [3.63, 3.8) is 0 Å². The summed E-state index contributed by atoms with van der Waals surface area (Å²) in [5.74, 6) is 0. The van der Waals surface area contributed by atoms with Crippen molar-refractivity contribution < 1.29 is 5.11 Å². The van der Waals surface area contributed by atoms with Gasteiger partial charge in [0.1, 0.15) is 0 Å². The summed E-state index contributed by atoms with van der Waals surface area (Å²) in [5.41, 5.74) is 0.744. The van der Waals surface area contributed by atoms with Crippen LogP contribution in [0.25, 0.3) is 0 Å². The summed E-state index contributed by atoms with van der Waals surface area (Å²) >= 11 is 0. The van der Waals surface area contributed by atoms with E-state index in [-0.39, 0.29) is 6.10 Å². The molecule has 2 aliphatic carbocycles. The quantitative estimate of drug-likeness (QED) is 0.738. The van der Waals surface area contributed by atoms with Gasteiger partial charge < -0.3 is 10.0 Å². The van der Waals surface area contributed by atoms with Gasteiger partial charge >= 0.3 is 0 Å². The maximum Gasteiger partial charge on any atom is 0.0555 e. The van der Waals surface area contributed by atoms with Gasteiger partial charge in [0.05, 0.1) is 6.10 Å². The molecule has 1 N–H and O–H groups in total. The standard InChI is InChI=1S/C14H25NO/c16-13-4-3-12(11-13)15-9-7-14(8-10-15)5-1-2-6-14/h12-13,16H,1-11H2. The first-order valence-electron chi connectivity index (χ1n) is 7.20. The van der Waals surface area contributed by atoms with Gasteiger partial charge in [0.15, 0.2) is 0 Å². The molecule has 1 aliphatic heterocycles. The second-order valence-electron chi connectivity index (χ2n) is 6.36. The second kappa shape index (κ2) is 4.30. The fourth-order valence-corrected chi connectivity index (χ4v) is 4.25. The Kier molecular flexibility index (Phi) is 2.97. The van der Waals surface area contributed by atoms with Crippen LogP contribution in [0.5, 0.6) is 0 Å². The van der Waals surface area contributed by atoms with Gasteiger partial charge in [0.25, 0.3) is 0 Å². The van der Waals surface area contributed by atoms with Crippen molar-refractivity contribution in [2.24, 2.45) is 5.41 Å². The summed E-state index contributed by atoms with van der Waals surface area (Å²) in [6, 6.07) is 0.703. The Bertz CT molecular complexity index is 237. The molecule has 1 spiro atoms. The molecule has 3 aliphatic rings. The minimum atomic E-state index is -0.00707. The summed E-state index contributed by atoms with van der Waals surface area (Å²) in [7, 11) is 0. The van der Waals surface area contributed by atoms with Gasteiger partial charge in [-0.25, -0.2) is 0 Å². The van der Waals surface area contributed by atoms with E-state index in [0.717, 1.165) is 18.3 Å². The molecule has 2 unspecified atom stereocenters. The highest BCUT2D eigenvalue weighted by Gasteiger charge is 2.39. The summed E-state index contributed by atoms with van der Waals surface area (Å²) < 4.78 is 0. The minimum absolute atomic E-state index is 0.00707. The Balaban J connectivity index is 1.54. The number of hydrogen-bond acceptors (Lipinski definition) is 2. The van der Waals surface area contributed by atoms with Crippen molar-refractivity contribution in [1.29, 1.82) is 0 Å². The van der Waals surface area contributed by atoms with E-state index < -0.39 is 0 Å². The van der Waals surface area contributed by atoms with Crippen molar-refractivity contribution in [3.8, 4) is 0 Å². The van der Waals surface area contributed by atoms with Gasteiger partial charge in [-0.15, -0.1) is 0 Å². The molecule has 3 fully saturated rings. The zero-order chi connectivity index (χ0) is 11.0. The maximum atomic E-state index is 9.61. The van der Waals surface area contributed by atoms with E-state index in [2.05, 4.69) is 4.90 Å². The van der Waals surface area contributed by atoms with Crippen LogP contribution in [0.15, 0.2) is 0 Å². The van der Waals surface area contributed by atoms with Gasteiger partial charge in [-0.2, -0.15) is 0 Å². The Morgan fingerprint density at radius 3 is 2.19 bits per heavy atom. The van der Waals surface area contributed by atoms with Crippen LogP contribution in [0.4, 0.5) is 0 Å². The monoisotopic (exact) mass is 223 g/mol. The van der Waals surface area contributed by atoms with Crippen LogP contribution >= 0.6 is 0 Å². The van der Waals surface area contributed by atoms with Crippen LogP contribution in [-0.4, -0.2) is 35.2 Å². The molecular formula is C14H25NO. The Labute approximate surface area is 99.0 Å². The average molecular weight is 223 g/mol. The number of piperidine rings is 1. The fraction of sp³-hybridized carbons (Fsp3) is 1.00. The lowest BCUT2D eigenvalue weighted by atomic mass is 9.77. The van der Waals surface area contributed by atoms with Crippen molar-refractivity contribution >= 4 is 0 Å². The van der Waals surface area contributed by atoms with E-state index in [1.54, 1.807) is 0 Å². The molecule has 0 amide bonds. The lowest BCUT2D eigenvalue weighted by Gasteiger charge is -2.42. The van der Waals surface area contributed by atoms with Crippen molar-refractivity contribution in [2.75, 3.05) is 13.1 Å². The SMILES string of the molecule is OC1CCC(N2CCC3(CCCC3)CC2)C1. The molecule has 1 heterocycles. The molecule has 3 rings (SSSR count). The highest BCUT2D eigenvalue weighted by atomic mass is 16.3. The Hall–Kier alpha value is -0.0800. The lowest BCUT2D eigenvalue weighted by molar-refractivity contribution is 0.0711. The largest absolute Gasteiger partial charge is 0.393 e. The first-order valence-corrected chi connectivity index (χ1v) is 7.20. The van der Waals surface area contributed by atoms with E-state index in [0.29, 0.717) is 6.04 Å². The fourth-order valence-electron chi connectivity index (χ4n) is 4.25. The zero-order valence-electron chi connectivity index (χ0n) is 10.3. The van der Waals surface area contributed by atoms with Gasteiger partial charge in [-0.1, -0.05) is 12.8 Å². The van der Waals surface area contributed by atoms with Gasteiger partial charge in [-0.05, 0) is 63.5 Å². The molecule has 1 saturated heterocycles. The average Bonchev–Trinajstić information content (AvgIpc) is 2.90. The third-order valence-electron chi connectivity index (χ3n) is 5.42. The molecule has 92 valence electrons. The maximum absolute atomic E-state index is 9.61. The molecular weight excluding hydrogens is 198 g/mol. The van der Waals surface area contributed by atoms with E-state index in [9.17, 15) is 5.11 Å². The summed E-state index contributed by atoms with van der Waals surface area (Å²) in [4.78, 5) is 2.67. The molecule has 0 aromatic heterocycles. The molecule has 0 aromatic carbocycles. The van der Waals surface area contributed by atoms with Gasteiger partial charge in [0.2, 0.25) is 0 Å². The number of likely N-dealkylation sites (tertiary alicyclic amines) is 1. The van der Waals surface area contributed by atoms with Crippen molar-refractivity contribution in [3.05, 3.63) is 0 Å². The first kappa shape index (κ1) is 11.0. The van der Waals surface area contributed by atoms with Crippen LogP contribution < -0.4 is 0 Å². The molecule has 0 bridgehead atoms. The molecule has 2 atom stereocenters. The van der Waals surface area contributed by atoms with Crippen LogP contribution in [0.2, 0.25) is 0 Å². The van der Waals surface area contributed by atoms with Crippen LogP contribution in [0.3, 0.4) is 0 Å². The van der Waals surface area contributed by atoms with Crippen molar-refractivity contribution in [2.45, 2.75) is 69.9 Å². The van der Waals surface area contributed by atoms with E-state index in [4.69, 9.17) is 0 Å². The number of hydrogen-bond donors (Lipinski definition) is 1. The molecule has 16 heavy (non-hydrogen) atoms. The second-order valence-corrected chi connectivity index (χ2v) is 6.36. The normalized spacial score (nSPS) is 39.6. The van der Waals surface area contributed by atoms with Gasteiger partial charge in [0, 0.05) is 6.04 Å². The first-order chi connectivity index (χ1) is 7.77. The van der Waals surface area contributed by atoms with Crippen LogP contribution in [0, 0.1) is 5.41 Å². The van der Waals surface area contributed by atoms with E-state index in [1.807, 2.05) is 0 Å². The zero-order valence-corrected chi connectivity index (χ0v) is 10.3. The number of rotatable bonds is 1. The third kappa shape index (κ3) is 2.02. The minimum Gasteiger partial charge on any atom is -0.393 e. The van der Waals surface area contributed by atoms with Gasteiger partial charge in [-0.3, -0.25) is 0 Å². The Morgan fingerprint density at radius 1 is 0.938 bits per heavy atom. The smallest absolute Gasteiger partial charge is 0.0555 e. The molecule has 0 radical (unpaired) electrons. The molecule has 2 nitrogen and oxygen atoms in total. The predicted octanol–water partition coefficient (Wildman–Crippen LogP) is 2.56. The van der Waals surface area contributed by atoms with E-state index in [1.165, 1.54) is 58.0 Å². The molecule has 2 saturated carbocycles. The Morgan fingerprint density at radius 2 is 1.62 bits per heavy atom. The number of aliphatic hydroxyl groups excluding tert-OH is 1. The van der Waals surface area contributed by atoms with Crippen LogP contribution in [0.1, 0.15) is 57.8 Å². The predicted molar refractivity (Wildman–Crippen MR) is 65.4 cm³/mol. The highest BCUT2D eigenvalue weighted by Crippen LogP contribution is 2.46. The summed E-state index contributed by atoms with van der Waals surface area (Å²) in [6.07, 6.45) is 12.1. The summed E-state index contributed by atoms with van der Waals surface area (Å²) in [6.45, 7) is 2.61. The molecule has 2 heteroatoms. The lowest BCUT2D eigenvalue weighted by Crippen LogP contribution is -2.43. The highest BCUT2D eigenvalue weighted by molar-refractivity contribution is 4.93. The van der Waals surface area contributed by atoms with Crippen LogP contribution in [-0.2, 0) is 0 Å². The van der Waals surface area contributed by atoms with Crippen molar-refractivity contribution in [1.82, 2.24) is 4.90 Å². The summed E-state index contributed by atoms with van der Waals surface area (Å²) in [5, 5.41) is 9.61.